The van der Waals surface area contributed by atoms with Crippen LogP contribution in [0.4, 0.5) is 47.1 Å². The minimum atomic E-state index is -3.00. The molecule has 21 rings (SSSR count). The summed E-state index contributed by atoms with van der Waals surface area (Å²) in [6, 6.07) is 103. The zero-order chi connectivity index (χ0) is 99.6. The quantitative estimate of drug-likeness (QED) is 0.0175. The molecule has 0 spiro atoms. The van der Waals surface area contributed by atoms with E-state index >= 15 is 0 Å². The summed E-state index contributed by atoms with van der Waals surface area (Å²) in [4.78, 5) is 70.6. The number of hydrogen-bond acceptors (Lipinski definition) is 32. The van der Waals surface area contributed by atoms with Gasteiger partial charge in [-0.05, 0) is 160 Å². The van der Waals surface area contributed by atoms with Crippen LogP contribution in [0.5, 0.6) is 0 Å². The molecule has 0 aliphatic carbocycles. The van der Waals surface area contributed by atoms with E-state index in [1.807, 2.05) is 279 Å². The molecule has 35 heteroatoms. The molecular formula is C110H102N22O8S5. The predicted octanol–water partition coefficient (Wildman–Crippen LogP) is 20.6. The van der Waals surface area contributed by atoms with E-state index in [2.05, 4.69) is 121 Å². The normalized spacial score (nSPS) is 12.5. The first-order chi connectivity index (χ1) is 71.1. The Morgan fingerprint density at radius 2 is 0.655 bits per heavy atom. The van der Waals surface area contributed by atoms with Crippen molar-refractivity contribution in [1.82, 2.24) is 69.6 Å². The number of aromatic amines is 1. The number of imidazole rings is 1. The van der Waals surface area contributed by atoms with Gasteiger partial charge in [0, 0.05) is 119 Å². The van der Waals surface area contributed by atoms with Crippen LogP contribution < -0.4 is 48.1 Å². The van der Waals surface area contributed by atoms with Gasteiger partial charge >= 0.3 is 0 Å². The summed E-state index contributed by atoms with van der Waals surface area (Å²) in [5.41, 5.74) is 11.8. The van der Waals surface area contributed by atoms with Crippen molar-refractivity contribution in [3.8, 4) is 0 Å². The van der Waals surface area contributed by atoms with Crippen molar-refractivity contribution >= 4 is 158 Å². The first-order valence-corrected chi connectivity index (χ1v) is 51.9. The van der Waals surface area contributed by atoms with Crippen LogP contribution in [0.25, 0.3) is 54.5 Å². The lowest BCUT2D eigenvalue weighted by atomic mass is 10.2. The molecule has 0 bridgehead atoms. The number of sulfone groups is 1. The minimum Gasteiger partial charge on any atom is -0.424 e. The Kier molecular flexibility index (Phi) is 33.2. The highest BCUT2D eigenvalue weighted by molar-refractivity contribution is 8.00. The molecule has 730 valence electrons. The number of nitrogens with zero attached hydrogens (tertiary/aromatic N) is 13. The number of benzene rings is 13. The maximum Gasteiger partial charge on any atom is 0.258 e. The predicted molar refractivity (Wildman–Crippen MR) is 576 cm³/mol. The van der Waals surface area contributed by atoms with Gasteiger partial charge in [-0.2, -0.15) is 19.9 Å². The van der Waals surface area contributed by atoms with Crippen LogP contribution in [0.3, 0.4) is 0 Å². The lowest BCUT2D eigenvalue weighted by Crippen LogP contribution is -2.22. The Balaban J connectivity index is 0.000000127. The zero-order valence-corrected chi connectivity index (χ0v) is 83.0. The van der Waals surface area contributed by atoms with Gasteiger partial charge in [0.15, 0.2) is 9.84 Å². The third kappa shape index (κ3) is 26.0. The Labute approximate surface area is 853 Å². The van der Waals surface area contributed by atoms with Gasteiger partial charge in [-0.15, -0.1) is 10.2 Å². The summed E-state index contributed by atoms with van der Waals surface area (Å²) < 4.78 is 31.3. The fourth-order valence-electron chi connectivity index (χ4n) is 16.0. The van der Waals surface area contributed by atoms with Crippen LogP contribution in [0.15, 0.2) is 376 Å². The third-order valence-corrected chi connectivity index (χ3v) is 30.2. The number of aliphatic hydroxyl groups excluding tert-OH is 4. The minimum absolute atomic E-state index is 0.00703. The molecule has 1 atom stereocenters. The van der Waals surface area contributed by atoms with E-state index in [1.54, 1.807) is 66.2 Å². The third-order valence-electron chi connectivity index (χ3n) is 23.5. The average Bonchev–Trinajstić information content (AvgIpc) is 1.82. The van der Waals surface area contributed by atoms with Crippen LogP contribution in [0.2, 0.25) is 0 Å². The van der Waals surface area contributed by atoms with Crippen LogP contribution in [0, 0.1) is 6.92 Å². The molecular weight excluding hydrogens is 1920 g/mol. The number of hydrogen-bond donors (Lipinski definition) is 13. The molecule has 145 heavy (non-hydrogen) atoms. The second-order valence-electron chi connectivity index (χ2n) is 33.5. The Hall–Kier alpha value is -15.7. The van der Waals surface area contributed by atoms with Crippen LogP contribution >= 0.6 is 47.0 Å². The van der Waals surface area contributed by atoms with E-state index in [1.165, 1.54) is 0 Å². The molecule has 20 aromatic rings. The number of anilines is 8. The lowest BCUT2D eigenvalue weighted by Gasteiger charge is -2.16. The van der Waals surface area contributed by atoms with Crippen molar-refractivity contribution < 1.29 is 33.3 Å². The Morgan fingerprint density at radius 3 is 0.986 bits per heavy atom. The van der Waals surface area contributed by atoms with Gasteiger partial charge < -0.3 is 76.9 Å². The van der Waals surface area contributed by atoms with Crippen molar-refractivity contribution in [2.75, 3.05) is 54.0 Å². The number of aromatic nitrogens is 14. The molecule has 13 N–H and O–H groups in total. The second kappa shape index (κ2) is 48.4. The molecule has 0 radical (unpaired) electrons. The summed E-state index contributed by atoms with van der Waals surface area (Å²) in [6.45, 7) is 5.14. The zero-order valence-electron chi connectivity index (χ0n) is 78.9. The maximum absolute atomic E-state index is 12.5. The van der Waals surface area contributed by atoms with Gasteiger partial charge in [0.25, 0.3) is 5.56 Å². The number of fused-ring (bicyclic) bond motifs is 5. The highest BCUT2D eigenvalue weighted by atomic mass is 32.2. The van der Waals surface area contributed by atoms with Gasteiger partial charge in [0.1, 0.15) is 34.9 Å². The fraction of sp³-hybridized carbons (Fsp3) is 0.155. The second-order valence-corrected chi connectivity index (χ2v) is 40.0. The molecule has 1 unspecified atom stereocenters. The first kappa shape index (κ1) is 99.4. The molecule has 1 aliphatic rings. The SMILES string of the molecule is Cc1nnc(CNc2nc(NCc3ccccc3Sc3ccccc3CO)nc3ccccc23)o1.Cn1ccnc1CNc1nc(NCc2ccccc2Sc2ccccc2CO)nc2ccccc12.O=S1(=O)CCC(Nc2nc(NCc3ccccc3Sc3ccccc3CO)nc3ccccc23)C1.O=c1[nH]c(CNc2nc(NCc3ccccc3Sc3ccccc3CO)nc3ccccc23)nc2ccccc12. The average molecular weight is 2020 g/mol. The number of aryl methyl sites for hydroxylation is 2. The molecule has 0 saturated carbocycles. The van der Waals surface area contributed by atoms with Gasteiger partial charge in [-0.1, -0.05) is 253 Å². The van der Waals surface area contributed by atoms with Crippen LogP contribution in [0.1, 0.15) is 74.4 Å². The van der Waals surface area contributed by atoms with Gasteiger partial charge in [0.05, 0.1) is 90.5 Å². The molecule has 1 fully saturated rings. The van der Waals surface area contributed by atoms with Gasteiger partial charge in [-0.3, -0.25) is 4.79 Å². The van der Waals surface area contributed by atoms with Crippen molar-refractivity contribution in [2.45, 2.75) is 131 Å². The van der Waals surface area contributed by atoms with E-state index < -0.39 is 9.84 Å². The molecule has 7 aromatic heterocycles. The molecule has 1 aliphatic heterocycles. The first-order valence-electron chi connectivity index (χ1n) is 46.8. The van der Waals surface area contributed by atoms with Gasteiger partial charge in [-0.25, -0.2) is 38.3 Å². The Morgan fingerprint density at radius 1 is 0.352 bits per heavy atom. The summed E-state index contributed by atoms with van der Waals surface area (Å²) in [7, 11) is -1.02. The van der Waals surface area contributed by atoms with E-state index in [-0.39, 0.29) is 49.5 Å². The monoisotopic (exact) mass is 2020 g/mol. The smallest absolute Gasteiger partial charge is 0.258 e. The number of aliphatic hydroxyl groups is 4. The summed E-state index contributed by atoms with van der Waals surface area (Å²) in [5, 5.41) is 77.8. The summed E-state index contributed by atoms with van der Waals surface area (Å²) in [5.74, 6) is 7.55. The summed E-state index contributed by atoms with van der Waals surface area (Å²) in [6.07, 6.45) is 4.29. The maximum atomic E-state index is 12.5. The fourth-order valence-corrected chi connectivity index (χ4v) is 22.0. The highest BCUT2D eigenvalue weighted by Crippen LogP contribution is 2.40. The van der Waals surface area contributed by atoms with Crippen LogP contribution in [-0.2, 0) is 89.1 Å². The van der Waals surface area contributed by atoms with Gasteiger partial charge in [0.2, 0.25) is 35.6 Å². The number of rotatable bonds is 35. The summed E-state index contributed by atoms with van der Waals surface area (Å²) >= 11 is 6.53. The van der Waals surface area contributed by atoms with E-state index in [0.717, 1.165) is 139 Å². The van der Waals surface area contributed by atoms with Crippen LogP contribution in [-0.4, -0.2) is 116 Å². The topological polar surface area (TPSA) is 417 Å². The standard InChI is InChI=1S/C31H26N6O2S.C27H26N6OS.C26H24N6O2S.C26H26N4O3S2/c38-19-21-10-2-8-16-27(21)40-26-15-7-1-9-20(26)17-33-31-35-24-13-5-3-11-22(24)29(37-31)32-18-28-34-25-14-6-4-12-23(25)30(39)36-28;1-33-15-14-28-25(33)17-29-26-21-10-4-5-11-22(21)31-27(32-26)30-16-19-8-2-6-12-23(19)35-24-13-7-3-9-20(24)18-34;1-17-31-32-24(34-17)15-27-25-20-10-4-5-11-21(20)29-26(30-25)28-14-18-8-2-6-12-22(18)35-23-13-7-3-9-19(23)16-33;31-16-19-8-2-6-12-24(19)34-23-11-5-1-7-18(23)15-27-26-29-22-10-4-3-9-21(22)25(30-26)28-20-13-14-35(32,33)17-20/h1-16,38H,17-19H2,(H,34,36,39)(H2,32,33,35,37);2-15,34H,16-18H2,1H3,(H2,29,30,31,32);2-13,33H,14-16H2,1H3,(H2,27,28,29,30);1-12,20,31H,13-17H2,(H2,27,28,29,30). The molecule has 30 nitrogen and oxygen atoms in total. The molecule has 8 heterocycles. The Bertz CT molecular complexity index is 8110. The van der Waals surface area contributed by atoms with Crippen molar-refractivity contribution in [2.24, 2.45) is 7.05 Å². The van der Waals surface area contributed by atoms with Crippen molar-refractivity contribution in [3.63, 3.8) is 0 Å². The van der Waals surface area contributed by atoms with E-state index in [4.69, 9.17) is 39.3 Å². The molecule has 13 aromatic carbocycles. The molecule has 0 amide bonds. The largest absolute Gasteiger partial charge is 0.424 e. The van der Waals surface area contributed by atoms with E-state index in [0.29, 0.717) is 122 Å². The van der Waals surface area contributed by atoms with Crippen molar-refractivity contribution in [3.05, 3.63) is 406 Å². The highest BCUT2D eigenvalue weighted by Gasteiger charge is 2.29. The number of para-hydroxylation sites is 5. The van der Waals surface area contributed by atoms with Crippen molar-refractivity contribution in [1.29, 1.82) is 0 Å². The lowest BCUT2D eigenvalue weighted by molar-refractivity contribution is 0.278. The molecule has 1 saturated heterocycles. The number of H-pyrrole nitrogens is 1. The van der Waals surface area contributed by atoms with E-state index in [9.17, 15) is 33.6 Å². The number of nitrogens with one attached hydrogen (secondary N) is 9.